The summed E-state index contributed by atoms with van der Waals surface area (Å²) in [5, 5.41) is 22.4. The minimum atomic E-state index is 0.365. The molecule has 0 fully saturated rings. The summed E-state index contributed by atoms with van der Waals surface area (Å²) in [4.78, 5) is 0. The van der Waals surface area contributed by atoms with Crippen LogP contribution < -0.4 is 0 Å². The van der Waals surface area contributed by atoms with Crippen LogP contribution in [0.4, 0.5) is 0 Å². The molecule has 0 saturated heterocycles. The molecule has 1 aliphatic carbocycles. The Morgan fingerprint density at radius 3 is 2.56 bits per heavy atom. The van der Waals surface area contributed by atoms with Crippen molar-refractivity contribution in [3.8, 4) is 11.5 Å². The number of hydrogen-bond donors (Lipinski definition) is 2. The highest BCUT2D eigenvalue weighted by molar-refractivity contribution is 5.96. The molecule has 2 aromatic carbocycles. The minimum absolute atomic E-state index is 0.365. The third kappa shape index (κ3) is 1.56. The quantitative estimate of drug-likeness (QED) is 0.692. The average Bonchev–Trinajstić information content (AvgIpc) is 2.36. The van der Waals surface area contributed by atoms with Gasteiger partial charge >= 0.3 is 0 Å². The fraction of sp³-hybridized carbons (Fsp3) is 0.375. The molecule has 0 aromatic heterocycles. The third-order valence-electron chi connectivity index (χ3n) is 4.06. The smallest absolute Gasteiger partial charge is 0.127 e. The van der Waals surface area contributed by atoms with Crippen LogP contribution in [0.25, 0.3) is 10.8 Å². The molecule has 1 atom stereocenters. The first-order chi connectivity index (χ1) is 8.58. The van der Waals surface area contributed by atoms with Gasteiger partial charge in [-0.3, -0.25) is 0 Å². The zero-order valence-electron chi connectivity index (χ0n) is 10.8. The molecule has 1 aliphatic rings. The number of benzene rings is 2. The van der Waals surface area contributed by atoms with Crippen LogP contribution in [0.2, 0.25) is 0 Å². The molecule has 2 aromatic rings. The topological polar surface area (TPSA) is 40.5 Å². The Labute approximate surface area is 107 Å². The van der Waals surface area contributed by atoms with Crippen LogP contribution in [0, 0.1) is 12.8 Å². The zero-order chi connectivity index (χ0) is 12.9. The lowest BCUT2D eigenvalue weighted by atomic mass is 9.82. The van der Waals surface area contributed by atoms with Gasteiger partial charge in [0, 0.05) is 21.9 Å². The van der Waals surface area contributed by atoms with Crippen LogP contribution in [0.15, 0.2) is 18.2 Å². The van der Waals surface area contributed by atoms with Crippen LogP contribution in [0.1, 0.15) is 30.0 Å². The summed E-state index contributed by atoms with van der Waals surface area (Å²) >= 11 is 0. The molecule has 2 N–H and O–H groups in total. The Morgan fingerprint density at radius 2 is 1.78 bits per heavy atom. The lowest BCUT2D eigenvalue weighted by Gasteiger charge is -2.24. The van der Waals surface area contributed by atoms with Crippen LogP contribution in [0.3, 0.4) is 0 Å². The number of hydrogen-bond acceptors (Lipinski definition) is 2. The summed E-state index contributed by atoms with van der Waals surface area (Å²) < 4.78 is 0. The van der Waals surface area contributed by atoms with Gasteiger partial charge in [-0.25, -0.2) is 0 Å². The highest BCUT2D eigenvalue weighted by Crippen LogP contribution is 2.44. The Hall–Kier alpha value is -1.70. The number of aryl methyl sites for hydroxylation is 1. The van der Waals surface area contributed by atoms with Gasteiger partial charge < -0.3 is 10.2 Å². The summed E-state index contributed by atoms with van der Waals surface area (Å²) in [6.07, 6.45) is 2.80. The van der Waals surface area contributed by atoms with Crippen molar-refractivity contribution in [2.75, 3.05) is 0 Å². The molecule has 0 radical (unpaired) electrons. The number of aromatic hydroxyl groups is 2. The van der Waals surface area contributed by atoms with Crippen LogP contribution in [-0.4, -0.2) is 10.2 Å². The molecule has 2 nitrogen and oxygen atoms in total. The van der Waals surface area contributed by atoms with Gasteiger partial charge in [0.25, 0.3) is 0 Å². The zero-order valence-corrected chi connectivity index (χ0v) is 10.8. The largest absolute Gasteiger partial charge is 0.507 e. The third-order valence-corrected chi connectivity index (χ3v) is 4.06. The summed E-state index contributed by atoms with van der Waals surface area (Å²) in [5.74, 6) is 1.31. The maximum atomic E-state index is 10.4. The lowest BCUT2D eigenvalue weighted by molar-refractivity contribution is 0.424. The predicted molar refractivity (Wildman–Crippen MR) is 73.2 cm³/mol. The average molecular weight is 242 g/mol. The highest BCUT2D eigenvalue weighted by atomic mass is 16.3. The first kappa shape index (κ1) is 11.4. The van der Waals surface area contributed by atoms with Crippen molar-refractivity contribution in [1.82, 2.24) is 0 Å². The van der Waals surface area contributed by atoms with Crippen LogP contribution in [-0.2, 0) is 12.8 Å². The first-order valence-electron chi connectivity index (χ1n) is 6.54. The van der Waals surface area contributed by atoms with Gasteiger partial charge in [0.05, 0.1) is 0 Å². The molecule has 1 unspecified atom stereocenters. The van der Waals surface area contributed by atoms with Crippen LogP contribution >= 0.6 is 0 Å². The van der Waals surface area contributed by atoms with Crippen molar-refractivity contribution in [1.29, 1.82) is 0 Å². The van der Waals surface area contributed by atoms with E-state index in [1.165, 1.54) is 0 Å². The van der Waals surface area contributed by atoms with Crippen molar-refractivity contribution < 1.29 is 10.2 Å². The van der Waals surface area contributed by atoms with Gasteiger partial charge in [0.15, 0.2) is 0 Å². The summed E-state index contributed by atoms with van der Waals surface area (Å²) in [6, 6.07) is 5.82. The van der Waals surface area contributed by atoms with E-state index in [1.54, 1.807) is 0 Å². The second-order valence-corrected chi connectivity index (χ2v) is 5.55. The molecular weight excluding hydrogens is 224 g/mol. The van der Waals surface area contributed by atoms with Gasteiger partial charge in [-0.2, -0.15) is 0 Å². The normalized spacial score (nSPS) is 18.9. The van der Waals surface area contributed by atoms with Crippen molar-refractivity contribution >= 4 is 10.8 Å². The molecule has 0 amide bonds. The lowest BCUT2D eigenvalue weighted by Crippen LogP contribution is -2.12. The van der Waals surface area contributed by atoms with Gasteiger partial charge in [-0.15, -0.1) is 0 Å². The van der Waals surface area contributed by atoms with E-state index < -0.39 is 0 Å². The standard InChI is InChI=1S/C16H18O2/c1-9-3-5-11-13(7-9)15(17)12-6-4-10(2)8-14(12)16(11)18/h3,5,7,10,17-18H,4,6,8H2,1-2H3. The minimum Gasteiger partial charge on any atom is -0.507 e. The molecule has 94 valence electrons. The van der Waals surface area contributed by atoms with Crippen molar-refractivity contribution in [3.05, 3.63) is 34.9 Å². The van der Waals surface area contributed by atoms with E-state index in [-0.39, 0.29) is 0 Å². The Morgan fingerprint density at radius 1 is 1.06 bits per heavy atom. The maximum Gasteiger partial charge on any atom is 0.127 e. The molecule has 0 spiro atoms. The molecule has 0 bridgehead atoms. The molecule has 0 saturated carbocycles. The Kier molecular flexibility index (Phi) is 2.47. The van der Waals surface area contributed by atoms with Gasteiger partial charge in [0.1, 0.15) is 11.5 Å². The molecule has 18 heavy (non-hydrogen) atoms. The van der Waals surface area contributed by atoms with Crippen LogP contribution in [0.5, 0.6) is 11.5 Å². The van der Waals surface area contributed by atoms with E-state index in [4.69, 9.17) is 0 Å². The van der Waals surface area contributed by atoms with E-state index in [1.807, 2.05) is 25.1 Å². The van der Waals surface area contributed by atoms with E-state index in [2.05, 4.69) is 6.92 Å². The first-order valence-corrected chi connectivity index (χ1v) is 6.54. The van der Waals surface area contributed by atoms with E-state index >= 15 is 0 Å². The van der Waals surface area contributed by atoms with E-state index in [9.17, 15) is 10.2 Å². The van der Waals surface area contributed by atoms with Crippen molar-refractivity contribution in [3.63, 3.8) is 0 Å². The second-order valence-electron chi connectivity index (χ2n) is 5.55. The summed E-state index contributed by atoms with van der Waals surface area (Å²) in [7, 11) is 0. The molecule has 2 heteroatoms. The SMILES string of the molecule is Cc1ccc2c(O)c3c(c(O)c2c1)CCC(C)C3. The van der Waals surface area contributed by atoms with E-state index in [0.29, 0.717) is 17.4 Å². The molecular formula is C16H18O2. The fourth-order valence-corrected chi connectivity index (χ4v) is 3.00. The van der Waals surface area contributed by atoms with Gasteiger partial charge in [-0.05, 0) is 38.2 Å². The Balaban J connectivity index is 2.37. The second kappa shape index (κ2) is 3.91. The molecule has 3 rings (SSSR count). The predicted octanol–water partition coefficient (Wildman–Crippen LogP) is 3.68. The molecule has 0 heterocycles. The van der Waals surface area contributed by atoms with Gasteiger partial charge in [0.2, 0.25) is 0 Å². The molecule has 0 aliphatic heterocycles. The monoisotopic (exact) mass is 242 g/mol. The number of phenolic OH excluding ortho intramolecular Hbond substituents is 2. The Bertz CT molecular complexity index is 629. The van der Waals surface area contributed by atoms with Gasteiger partial charge in [-0.1, -0.05) is 24.6 Å². The van der Waals surface area contributed by atoms with Crippen molar-refractivity contribution in [2.24, 2.45) is 5.92 Å². The summed E-state index contributed by atoms with van der Waals surface area (Å²) in [6.45, 7) is 4.19. The van der Waals surface area contributed by atoms with Crippen molar-refractivity contribution in [2.45, 2.75) is 33.1 Å². The highest BCUT2D eigenvalue weighted by Gasteiger charge is 2.24. The van der Waals surface area contributed by atoms with E-state index in [0.717, 1.165) is 46.7 Å². The number of fused-ring (bicyclic) bond motifs is 2. The summed E-state index contributed by atoms with van der Waals surface area (Å²) in [5.41, 5.74) is 2.99. The number of rotatable bonds is 0. The number of phenols is 2. The maximum absolute atomic E-state index is 10.4. The fourth-order valence-electron chi connectivity index (χ4n) is 3.00.